The molecule has 1 aromatic rings. The van der Waals surface area contributed by atoms with Crippen LogP contribution in [0.15, 0.2) is 30.3 Å². The van der Waals surface area contributed by atoms with E-state index in [9.17, 15) is 14.4 Å². The van der Waals surface area contributed by atoms with Crippen LogP contribution in [-0.2, 0) is 9.59 Å². The van der Waals surface area contributed by atoms with Crippen molar-refractivity contribution < 1.29 is 29.7 Å². The largest absolute Gasteiger partial charge is 0.481 e. The first kappa shape index (κ1) is 28.8. The zero-order valence-electron chi connectivity index (χ0n) is 18.3. The minimum absolute atomic E-state index is 0.111. The van der Waals surface area contributed by atoms with Crippen LogP contribution >= 0.6 is 0 Å². The highest BCUT2D eigenvalue weighted by atomic mass is 16.4. The van der Waals surface area contributed by atoms with Crippen LogP contribution in [0.5, 0.6) is 0 Å². The topological polar surface area (TPSA) is 112 Å². The lowest BCUT2D eigenvalue weighted by molar-refractivity contribution is -0.143. The van der Waals surface area contributed by atoms with Crippen LogP contribution in [0, 0.1) is 11.8 Å². The minimum Gasteiger partial charge on any atom is -0.481 e. The summed E-state index contributed by atoms with van der Waals surface area (Å²) in [6.45, 7) is 8.01. The van der Waals surface area contributed by atoms with Gasteiger partial charge in [0.2, 0.25) is 0 Å². The van der Waals surface area contributed by atoms with E-state index >= 15 is 0 Å². The van der Waals surface area contributed by atoms with Gasteiger partial charge in [-0.3, -0.25) is 9.59 Å². The number of carbonyl (C=O) groups is 3. The lowest BCUT2D eigenvalue weighted by Gasteiger charge is -2.06. The molecule has 0 aliphatic heterocycles. The summed E-state index contributed by atoms with van der Waals surface area (Å²) in [4.78, 5) is 31.1. The maximum Gasteiger partial charge on any atom is 0.335 e. The van der Waals surface area contributed by atoms with Crippen molar-refractivity contribution in [1.82, 2.24) is 0 Å². The quantitative estimate of drug-likeness (QED) is 0.415. The smallest absolute Gasteiger partial charge is 0.335 e. The fraction of sp³-hybridized carbons (Fsp3) is 0.609. The zero-order valence-corrected chi connectivity index (χ0v) is 18.3. The number of rotatable bonds is 11. The molecule has 0 radical (unpaired) electrons. The van der Waals surface area contributed by atoms with Gasteiger partial charge in [0.1, 0.15) is 0 Å². The van der Waals surface area contributed by atoms with Crippen molar-refractivity contribution in [1.29, 1.82) is 0 Å². The molecule has 0 aliphatic rings. The molecule has 0 saturated carbocycles. The van der Waals surface area contributed by atoms with Crippen molar-refractivity contribution >= 4 is 17.9 Å². The van der Waals surface area contributed by atoms with Crippen molar-refractivity contribution in [2.45, 2.75) is 79.1 Å². The van der Waals surface area contributed by atoms with E-state index in [1.165, 1.54) is 0 Å². The van der Waals surface area contributed by atoms with E-state index in [2.05, 4.69) is 13.8 Å². The standard InChI is InChI=1S/2C8H16O2.C7H6O2/c2*1-3-5-6-7(4-2)8(9)10;8-7(9)6-4-2-1-3-5-6/h2*7H,3-6H2,1-2H3,(H,9,10);1-5H,(H,8,9). The van der Waals surface area contributed by atoms with Gasteiger partial charge in [0.15, 0.2) is 0 Å². The Morgan fingerprint density at radius 2 is 1.10 bits per heavy atom. The van der Waals surface area contributed by atoms with E-state index in [1.54, 1.807) is 30.3 Å². The van der Waals surface area contributed by atoms with Crippen molar-refractivity contribution in [3.63, 3.8) is 0 Å². The molecule has 0 bridgehead atoms. The van der Waals surface area contributed by atoms with Crippen LogP contribution in [0.1, 0.15) is 89.4 Å². The molecule has 0 amide bonds. The second kappa shape index (κ2) is 19.0. The number of carboxylic acids is 3. The van der Waals surface area contributed by atoms with E-state index in [0.717, 1.165) is 51.4 Å². The van der Waals surface area contributed by atoms with Crippen LogP contribution in [0.25, 0.3) is 0 Å². The predicted molar refractivity (Wildman–Crippen MR) is 115 cm³/mol. The molecule has 29 heavy (non-hydrogen) atoms. The van der Waals surface area contributed by atoms with Gasteiger partial charge in [-0.05, 0) is 37.8 Å². The van der Waals surface area contributed by atoms with Crippen LogP contribution in [0.4, 0.5) is 0 Å². The van der Waals surface area contributed by atoms with Crippen molar-refractivity contribution in [2.75, 3.05) is 0 Å². The second-order valence-electron chi connectivity index (χ2n) is 6.84. The van der Waals surface area contributed by atoms with Crippen molar-refractivity contribution in [3.8, 4) is 0 Å². The normalized spacial score (nSPS) is 11.7. The number of unbranched alkanes of at least 4 members (excludes halogenated alkanes) is 2. The van der Waals surface area contributed by atoms with Gasteiger partial charge in [-0.15, -0.1) is 0 Å². The van der Waals surface area contributed by atoms with Gasteiger partial charge in [-0.25, -0.2) is 4.79 Å². The first-order valence-electron chi connectivity index (χ1n) is 10.5. The molecule has 0 saturated heterocycles. The van der Waals surface area contributed by atoms with Crippen LogP contribution in [-0.4, -0.2) is 33.2 Å². The van der Waals surface area contributed by atoms with E-state index in [4.69, 9.17) is 15.3 Å². The molecule has 0 fully saturated rings. The Morgan fingerprint density at radius 1 is 0.724 bits per heavy atom. The van der Waals surface area contributed by atoms with E-state index in [1.807, 2.05) is 13.8 Å². The molecule has 1 aromatic carbocycles. The number of aliphatic carboxylic acids is 2. The molecule has 166 valence electrons. The second-order valence-corrected chi connectivity index (χ2v) is 6.84. The third-order valence-corrected chi connectivity index (χ3v) is 4.52. The number of hydrogen-bond donors (Lipinski definition) is 3. The molecule has 3 N–H and O–H groups in total. The average Bonchev–Trinajstić information content (AvgIpc) is 2.70. The summed E-state index contributed by atoms with van der Waals surface area (Å²) in [6, 6.07) is 8.30. The Bertz CT molecular complexity index is 530. The Labute approximate surface area is 175 Å². The van der Waals surface area contributed by atoms with Crippen LogP contribution in [0.3, 0.4) is 0 Å². The molecule has 0 aliphatic carbocycles. The number of hydrogen-bond acceptors (Lipinski definition) is 3. The highest BCUT2D eigenvalue weighted by Crippen LogP contribution is 2.12. The highest BCUT2D eigenvalue weighted by Gasteiger charge is 2.13. The molecule has 0 spiro atoms. The number of aromatic carboxylic acids is 1. The van der Waals surface area contributed by atoms with Gasteiger partial charge in [-0.1, -0.05) is 71.6 Å². The summed E-state index contributed by atoms with van der Waals surface area (Å²) >= 11 is 0. The summed E-state index contributed by atoms with van der Waals surface area (Å²) in [6.07, 6.45) is 7.43. The number of benzene rings is 1. The lowest BCUT2D eigenvalue weighted by atomic mass is 10.00. The van der Waals surface area contributed by atoms with Crippen molar-refractivity contribution in [2.24, 2.45) is 11.8 Å². The first-order chi connectivity index (χ1) is 13.7. The SMILES string of the molecule is CCCCC(CC)C(=O)O.CCCCC(CC)C(=O)O.O=C(O)c1ccccc1. The van der Waals surface area contributed by atoms with Crippen LogP contribution in [0.2, 0.25) is 0 Å². The molecular weight excluding hydrogens is 372 g/mol. The molecule has 2 unspecified atom stereocenters. The van der Waals surface area contributed by atoms with Gasteiger partial charge in [0.05, 0.1) is 17.4 Å². The predicted octanol–water partition coefficient (Wildman–Crippen LogP) is 5.96. The van der Waals surface area contributed by atoms with Crippen molar-refractivity contribution in [3.05, 3.63) is 35.9 Å². The zero-order chi connectivity index (χ0) is 22.7. The first-order valence-corrected chi connectivity index (χ1v) is 10.5. The molecule has 6 nitrogen and oxygen atoms in total. The van der Waals surface area contributed by atoms with Crippen LogP contribution < -0.4 is 0 Å². The van der Waals surface area contributed by atoms with Gasteiger partial charge in [0.25, 0.3) is 0 Å². The highest BCUT2D eigenvalue weighted by molar-refractivity contribution is 5.87. The fourth-order valence-electron chi connectivity index (χ4n) is 2.49. The Morgan fingerprint density at radius 3 is 1.31 bits per heavy atom. The van der Waals surface area contributed by atoms with E-state index in [0.29, 0.717) is 5.56 Å². The molecule has 0 aromatic heterocycles. The summed E-state index contributed by atoms with van der Waals surface area (Å²) in [5.41, 5.74) is 0.331. The molecule has 0 heterocycles. The number of carboxylic acid groups (broad SMARTS) is 3. The summed E-state index contributed by atoms with van der Waals surface area (Å²) in [5, 5.41) is 25.6. The van der Waals surface area contributed by atoms with Gasteiger partial charge < -0.3 is 15.3 Å². The fourth-order valence-corrected chi connectivity index (χ4v) is 2.49. The lowest BCUT2D eigenvalue weighted by Crippen LogP contribution is -2.11. The summed E-state index contributed by atoms with van der Waals surface area (Å²) in [5.74, 6) is -2.39. The maximum absolute atomic E-state index is 10.4. The Balaban J connectivity index is 0. The molecular formula is C23H38O6. The molecule has 1 rings (SSSR count). The Kier molecular flexibility index (Phi) is 18.9. The van der Waals surface area contributed by atoms with E-state index < -0.39 is 17.9 Å². The minimum atomic E-state index is -0.879. The van der Waals surface area contributed by atoms with E-state index in [-0.39, 0.29) is 11.8 Å². The van der Waals surface area contributed by atoms with Gasteiger partial charge in [-0.2, -0.15) is 0 Å². The third kappa shape index (κ3) is 16.3. The van der Waals surface area contributed by atoms with Gasteiger partial charge >= 0.3 is 17.9 Å². The average molecular weight is 411 g/mol. The Hall–Kier alpha value is -2.37. The molecule has 2 atom stereocenters. The molecule has 6 heteroatoms. The van der Waals surface area contributed by atoms with Gasteiger partial charge in [0, 0.05) is 0 Å². The monoisotopic (exact) mass is 410 g/mol. The maximum atomic E-state index is 10.4. The summed E-state index contributed by atoms with van der Waals surface area (Å²) in [7, 11) is 0. The third-order valence-electron chi connectivity index (χ3n) is 4.52. The summed E-state index contributed by atoms with van der Waals surface area (Å²) < 4.78 is 0.